The number of nitriles is 1. The fourth-order valence-electron chi connectivity index (χ4n) is 3.78. The van der Waals surface area contributed by atoms with E-state index in [4.69, 9.17) is 5.26 Å². The Balaban J connectivity index is 1.65. The number of amides is 1. The number of hydrogen-bond acceptors (Lipinski definition) is 4. The molecular weight excluding hydrogens is 390 g/mol. The fourth-order valence-corrected chi connectivity index (χ4v) is 5.08. The van der Waals surface area contributed by atoms with E-state index < -0.39 is 0 Å². The third kappa shape index (κ3) is 6.27. The van der Waals surface area contributed by atoms with Crippen LogP contribution in [0.1, 0.15) is 39.5 Å². The molecule has 3 rings (SSSR count). The second-order valence-corrected chi connectivity index (χ2v) is 9.51. The van der Waals surface area contributed by atoms with E-state index in [0.717, 1.165) is 24.4 Å². The molecular formula is C25H31N3OS. The minimum atomic E-state index is -0.187. The number of carbonyl (C=O) groups is 1. The van der Waals surface area contributed by atoms with Crippen molar-refractivity contribution in [2.45, 2.75) is 49.7 Å². The smallest absolute Gasteiger partial charge is 0.234 e. The molecule has 158 valence electrons. The minimum Gasteiger partial charge on any atom is -0.372 e. The van der Waals surface area contributed by atoms with E-state index in [1.807, 2.05) is 6.07 Å². The topological polar surface area (TPSA) is 56.1 Å². The standard InChI is InChI=1S/C25H31N3OS/c1-19(2)18-24(25(29)27-15-14-26)30-23-12-8-21(9-13-23)20-6-10-22(11-7-20)28-16-4-3-5-17-28/h6-13,19,24H,3-5,15-18H2,1-2H3,(H,27,29). The highest BCUT2D eigenvalue weighted by molar-refractivity contribution is 8.00. The van der Waals surface area contributed by atoms with E-state index in [9.17, 15) is 4.79 Å². The largest absolute Gasteiger partial charge is 0.372 e. The third-order valence-corrected chi connectivity index (χ3v) is 6.61. The third-order valence-electron chi connectivity index (χ3n) is 5.37. The van der Waals surface area contributed by atoms with Crippen molar-refractivity contribution in [2.75, 3.05) is 24.5 Å². The Morgan fingerprint density at radius 3 is 2.20 bits per heavy atom. The summed E-state index contributed by atoms with van der Waals surface area (Å²) in [6.45, 7) is 6.60. The van der Waals surface area contributed by atoms with Crippen LogP contribution in [0.3, 0.4) is 0 Å². The van der Waals surface area contributed by atoms with Gasteiger partial charge >= 0.3 is 0 Å². The first-order chi connectivity index (χ1) is 14.6. The van der Waals surface area contributed by atoms with Crippen LogP contribution in [-0.4, -0.2) is 30.8 Å². The Hall–Kier alpha value is -2.45. The van der Waals surface area contributed by atoms with Crippen LogP contribution in [0, 0.1) is 17.2 Å². The molecule has 1 aliphatic rings. The molecule has 5 heteroatoms. The normalized spacial score (nSPS) is 14.9. The Labute approximate surface area is 184 Å². The predicted octanol–water partition coefficient (Wildman–Crippen LogP) is 5.49. The van der Waals surface area contributed by atoms with E-state index in [2.05, 4.69) is 72.6 Å². The van der Waals surface area contributed by atoms with Crippen molar-refractivity contribution in [3.05, 3.63) is 48.5 Å². The van der Waals surface area contributed by atoms with Gasteiger partial charge in [0.2, 0.25) is 5.91 Å². The quantitative estimate of drug-likeness (QED) is 0.452. The Morgan fingerprint density at radius 1 is 1.03 bits per heavy atom. The molecule has 0 radical (unpaired) electrons. The molecule has 0 spiro atoms. The second-order valence-electron chi connectivity index (χ2n) is 8.23. The van der Waals surface area contributed by atoms with Gasteiger partial charge in [-0.1, -0.05) is 38.1 Å². The van der Waals surface area contributed by atoms with Gasteiger partial charge in [-0.05, 0) is 67.0 Å². The maximum Gasteiger partial charge on any atom is 0.234 e. The predicted molar refractivity (Wildman–Crippen MR) is 126 cm³/mol. The van der Waals surface area contributed by atoms with Gasteiger partial charge in [-0.2, -0.15) is 5.26 Å². The maximum atomic E-state index is 12.4. The molecule has 2 aromatic rings. The van der Waals surface area contributed by atoms with E-state index in [0.29, 0.717) is 5.92 Å². The van der Waals surface area contributed by atoms with Gasteiger partial charge in [0.25, 0.3) is 0 Å². The average molecular weight is 422 g/mol. The molecule has 1 fully saturated rings. The van der Waals surface area contributed by atoms with Crippen molar-refractivity contribution < 1.29 is 4.79 Å². The molecule has 1 amide bonds. The summed E-state index contributed by atoms with van der Waals surface area (Å²) in [6.07, 6.45) is 4.69. The fraction of sp³-hybridized carbons (Fsp3) is 0.440. The highest BCUT2D eigenvalue weighted by Gasteiger charge is 2.21. The molecule has 30 heavy (non-hydrogen) atoms. The first-order valence-electron chi connectivity index (χ1n) is 10.8. The number of hydrogen-bond donors (Lipinski definition) is 1. The summed E-state index contributed by atoms with van der Waals surface area (Å²) < 4.78 is 0. The van der Waals surface area contributed by atoms with Gasteiger partial charge in [0.05, 0.1) is 11.3 Å². The zero-order valence-electron chi connectivity index (χ0n) is 17.9. The summed E-state index contributed by atoms with van der Waals surface area (Å²) in [5.41, 5.74) is 3.70. The summed E-state index contributed by atoms with van der Waals surface area (Å²) in [5.74, 6) is 0.348. The average Bonchev–Trinajstić information content (AvgIpc) is 2.78. The summed E-state index contributed by atoms with van der Waals surface area (Å²) in [4.78, 5) is 15.9. The number of benzene rings is 2. The van der Waals surface area contributed by atoms with Crippen LogP contribution < -0.4 is 10.2 Å². The lowest BCUT2D eigenvalue weighted by molar-refractivity contribution is -0.120. The monoisotopic (exact) mass is 421 g/mol. The van der Waals surface area contributed by atoms with Crippen molar-refractivity contribution in [3.63, 3.8) is 0 Å². The zero-order chi connectivity index (χ0) is 21.3. The summed E-state index contributed by atoms with van der Waals surface area (Å²) >= 11 is 1.57. The number of thioether (sulfide) groups is 1. The van der Waals surface area contributed by atoms with Crippen LogP contribution >= 0.6 is 11.8 Å². The first kappa shape index (κ1) is 22.2. The molecule has 1 unspecified atom stereocenters. The van der Waals surface area contributed by atoms with Crippen molar-refractivity contribution in [3.8, 4) is 17.2 Å². The van der Waals surface area contributed by atoms with Gasteiger partial charge in [-0.3, -0.25) is 4.79 Å². The summed E-state index contributed by atoms with van der Waals surface area (Å²) in [6, 6.07) is 19.2. The number of nitrogens with one attached hydrogen (secondary N) is 1. The Bertz CT molecular complexity index is 849. The SMILES string of the molecule is CC(C)CC(Sc1ccc(-c2ccc(N3CCCCC3)cc2)cc1)C(=O)NCC#N. The summed E-state index contributed by atoms with van der Waals surface area (Å²) in [5, 5.41) is 11.2. The van der Waals surface area contributed by atoms with Crippen LogP contribution in [0.15, 0.2) is 53.4 Å². The minimum absolute atomic E-state index is 0.0559. The van der Waals surface area contributed by atoms with Gasteiger partial charge in [0, 0.05) is 23.7 Å². The van der Waals surface area contributed by atoms with Crippen molar-refractivity contribution >= 4 is 23.4 Å². The van der Waals surface area contributed by atoms with Crippen molar-refractivity contribution in [1.82, 2.24) is 5.32 Å². The molecule has 4 nitrogen and oxygen atoms in total. The lowest BCUT2D eigenvalue weighted by Crippen LogP contribution is -2.33. The van der Waals surface area contributed by atoms with E-state index in [1.54, 1.807) is 11.8 Å². The number of anilines is 1. The lowest BCUT2D eigenvalue weighted by atomic mass is 10.0. The Morgan fingerprint density at radius 2 is 1.63 bits per heavy atom. The van der Waals surface area contributed by atoms with Crippen molar-refractivity contribution in [2.24, 2.45) is 5.92 Å². The molecule has 0 saturated carbocycles. The first-order valence-corrected chi connectivity index (χ1v) is 11.7. The molecule has 0 bridgehead atoms. The van der Waals surface area contributed by atoms with Crippen molar-refractivity contribution in [1.29, 1.82) is 5.26 Å². The van der Waals surface area contributed by atoms with Crippen LogP contribution in [0.4, 0.5) is 5.69 Å². The van der Waals surface area contributed by atoms with Gasteiger partial charge in [0.1, 0.15) is 6.54 Å². The number of nitrogens with zero attached hydrogens (tertiary/aromatic N) is 2. The molecule has 1 atom stereocenters. The highest BCUT2D eigenvalue weighted by Crippen LogP contribution is 2.31. The lowest BCUT2D eigenvalue weighted by Gasteiger charge is -2.28. The van der Waals surface area contributed by atoms with E-state index in [1.165, 1.54) is 36.1 Å². The molecule has 1 aliphatic heterocycles. The second kappa shape index (κ2) is 11.1. The van der Waals surface area contributed by atoms with Crippen LogP contribution in [-0.2, 0) is 4.79 Å². The van der Waals surface area contributed by atoms with Crippen LogP contribution in [0.2, 0.25) is 0 Å². The molecule has 1 N–H and O–H groups in total. The summed E-state index contributed by atoms with van der Waals surface area (Å²) in [7, 11) is 0. The number of carbonyl (C=O) groups excluding carboxylic acids is 1. The number of rotatable bonds is 8. The van der Waals surface area contributed by atoms with Gasteiger partial charge in [-0.15, -0.1) is 11.8 Å². The van der Waals surface area contributed by atoms with Crippen LogP contribution in [0.25, 0.3) is 11.1 Å². The van der Waals surface area contributed by atoms with Crippen LogP contribution in [0.5, 0.6) is 0 Å². The maximum absolute atomic E-state index is 12.4. The highest BCUT2D eigenvalue weighted by atomic mass is 32.2. The van der Waals surface area contributed by atoms with Gasteiger partial charge < -0.3 is 10.2 Å². The Kier molecular flexibility index (Phi) is 8.21. The zero-order valence-corrected chi connectivity index (χ0v) is 18.8. The molecule has 1 heterocycles. The molecule has 0 aromatic heterocycles. The number of piperidine rings is 1. The molecule has 0 aliphatic carbocycles. The van der Waals surface area contributed by atoms with Gasteiger partial charge in [-0.25, -0.2) is 0 Å². The van der Waals surface area contributed by atoms with Gasteiger partial charge in [0.15, 0.2) is 0 Å². The molecule has 1 saturated heterocycles. The van der Waals surface area contributed by atoms with E-state index in [-0.39, 0.29) is 17.7 Å². The van der Waals surface area contributed by atoms with E-state index >= 15 is 0 Å². The molecule has 2 aromatic carbocycles.